The van der Waals surface area contributed by atoms with Gasteiger partial charge in [0.1, 0.15) is 0 Å². The van der Waals surface area contributed by atoms with Crippen LogP contribution in [0.3, 0.4) is 0 Å². The topological polar surface area (TPSA) is 52.0 Å². The molecule has 1 rings (SSSR count). The summed E-state index contributed by atoms with van der Waals surface area (Å²) in [5.41, 5.74) is 11.1. The van der Waals surface area contributed by atoms with Gasteiger partial charge in [-0.2, -0.15) is 0 Å². The quantitative estimate of drug-likeness (QED) is 0.497. The molecule has 0 aliphatic heterocycles. The zero-order chi connectivity index (χ0) is 11.6. The van der Waals surface area contributed by atoms with E-state index in [0.29, 0.717) is 0 Å². The van der Waals surface area contributed by atoms with Crippen LogP contribution in [-0.2, 0) is 13.9 Å². The molecule has 2 nitrogen and oxygen atoms in total. The first-order valence-corrected chi connectivity index (χ1v) is 8.32. The summed E-state index contributed by atoms with van der Waals surface area (Å²) in [5, 5.41) is 2.77. The van der Waals surface area contributed by atoms with Gasteiger partial charge in [0.05, 0.1) is 0 Å². The summed E-state index contributed by atoms with van der Waals surface area (Å²) in [7, 11) is 0. The van der Waals surface area contributed by atoms with Gasteiger partial charge in [0.15, 0.2) is 0 Å². The second kappa shape index (κ2) is 9.00. The third kappa shape index (κ3) is 5.31. The van der Waals surface area contributed by atoms with Crippen LogP contribution in [0, 0.1) is 0 Å². The first-order valence-electron chi connectivity index (χ1n) is 6.21. The maximum atomic E-state index is 5.56. The molecule has 0 aromatic carbocycles. The maximum absolute atomic E-state index is 5.56. The van der Waals surface area contributed by atoms with E-state index in [2.05, 4.69) is 18.2 Å². The Labute approximate surface area is 104 Å². The van der Waals surface area contributed by atoms with Gasteiger partial charge >= 0.3 is 104 Å². The van der Waals surface area contributed by atoms with Gasteiger partial charge in [-0.25, -0.2) is 0 Å². The molecule has 0 heterocycles. The van der Waals surface area contributed by atoms with Gasteiger partial charge in [0.2, 0.25) is 0 Å². The van der Waals surface area contributed by atoms with Crippen molar-refractivity contribution in [2.45, 2.75) is 42.7 Å². The molecule has 0 bridgehead atoms. The van der Waals surface area contributed by atoms with Gasteiger partial charge in [-0.05, 0) is 0 Å². The van der Waals surface area contributed by atoms with E-state index >= 15 is 0 Å². The summed E-state index contributed by atoms with van der Waals surface area (Å²) < 4.78 is 1.70. The number of nitrogens with two attached hydrogens (primary N) is 2. The van der Waals surface area contributed by atoms with Crippen molar-refractivity contribution in [2.75, 3.05) is 13.1 Å². The van der Waals surface area contributed by atoms with E-state index in [4.69, 9.17) is 11.5 Å². The molecule has 4 N–H and O–H groups in total. The zero-order valence-corrected chi connectivity index (χ0v) is 11.2. The minimum atomic E-state index is -0.0886. The van der Waals surface area contributed by atoms with Crippen molar-refractivity contribution in [3.05, 3.63) is 22.7 Å². The Morgan fingerprint density at radius 3 is 2.06 bits per heavy atom. The summed E-state index contributed by atoms with van der Waals surface area (Å²) >= 11 is -0.0886. The number of hydrogen-bond acceptors (Lipinski definition) is 2. The van der Waals surface area contributed by atoms with E-state index in [9.17, 15) is 0 Å². The van der Waals surface area contributed by atoms with E-state index in [1.54, 1.807) is 4.47 Å². The second-order valence-electron chi connectivity index (χ2n) is 4.00. The molecule has 0 radical (unpaired) electrons. The third-order valence-electron chi connectivity index (χ3n) is 2.62. The fourth-order valence-corrected chi connectivity index (χ4v) is 4.98. The Morgan fingerprint density at radius 1 is 1.00 bits per heavy atom. The predicted octanol–water partition coefficient (Wildman–Crippen LogP) is 2.76. The van der Waals surface area contributed by atoms with Crippen LogP contribution in [0.1, 0.15) is 32.1 Å². The van der Waals surface area contributed by atoms with Crippen molar-refractivity contribution >= 4 is 0 Å². The molecule has 0 saturated heterocycles. The average Bonchev–Trinajstić information content (AvgIpc) is 2.81. The Hall–Kier alpha value is -0.0805. The molecular weight excluding hydrogens is 240 g/mol. The van der Waals surface area contributed by atoms with Gasteiger partial charge in [0.25, 0.3) is 0 Å². The zero-order valence-electron chi connectivity index (χ0n) is 10.1. The number of allylic oxidation sites excluding steroid dienone is 4. The van der Waals surface area contributed by atoms with Crippen LogP contribution < -0.4 is 11.5 Å². The van der Waals surface area contributed by atoms with Crippen molar-refractivity contribution in [1.82, 2.24) is 0 Å². The van der Waals surface area contributed by atoms with Gasteiger partial charge in [-0.1, -0.05) is 0 Å². The summed E-state index contributed by atoms with van der Waals surface area (Å²) in [6.07, 6.45) is 13.0. The first kappa shape index (κ1) is 14.0. The predicted molar refractivity (Wildman–Crippen MR) is 68.0 cm³/mol. The van der Waals surface area contributed by atoms with Crippen molar-refractivity contribution in [1.29, 1.82) is 0 Å². The summed E-state index contributed by atoms with van der Waals surface area (Å²) in [4.78, 5) is 0. The van der Waals surface area contributed by atoms with Gasteiger partial charge < -0.3 is 0 Å². The minimum absolute atomic E-state index is 0.0886. The molecule has 0 amide bonds. The molecular formula is C13H25FeN2. The summed E-state index contributed by atoms with van der Waals surface area (Å²) in [6.45, 7) is 1.68. The number of hydrogen-bond donors (Lipinski definition) is 2. The molecule has 0 spiro atoms. The van der Waals surface area contributed by atoms with Gasteiger partial charge in [0, 0.05) is 0 Å². The Balaban J connectivity index is 2.29. The van der Waals surface area contributed by atoms with Gasteiger partial charge in [-0.15, -0.1) is 0 Å². The van der Waals surface area contributed by atoms with Crippen LogP contribution in [0.25, 0.3) is 0 Å². The van der Waals surface area contributed by atoms with Crippen LogP contribution in [0.5, 0.6) is 0 Å². The van der Waals surface area contributed by atoms with Crippen molar-refractivity contribution in [3.8, 4) is 0 Å². The first-order chi connectivity index (χ1) is 7.88. The van der Waals surface area contributed by atoms with Crippen molar-refractivity contribution in [2.24, 2.45) is 11.5 Å². The van der Waals surface area contributed by atoms with Crippen molar-refractivity contribution < 1.29 is 13.9 Å². The van der Waals surface area contributed by atoms with Crippen LogP contribution in [0.2, 0.25) is 10.6 Å². The summed E-state index contributed by atoms with van der Waals surface area (Å²) in [6, 6.07) is 0. The van der Waals surface area contributed by atoms with Gasteiger partial charge in [-0.3, -0.25) is 0 Å². The van der Waals surface area contributed by atoms with Crippen LogP contribution >= 0.6 is 0 Å². The fourth-order valence-electron chi connectivity index (χ4n) is 1.68. The monoisotopic (exact) mass is 265 g/mol. The third-order valence-corrected chi connectivity index (χ3v) is 6.15. The van der Waals surface area contributed by atoms with E-state index in [-0.39, 0.29) is 13.9 Å². The Kier molecular flexibility index (Phi) is 7.87. The molecule has 0 atom stereocenters. The number of rotatable bonds is 9. The molecule has 0 fully saturated rings. The molecule has 95 valence electrons. The molecule has 0 aromatic rings. The fraction of sp³-hybridized carbons (Fsp3) is 0.692. The molecule has 16 heavy (non-hydrogen) atoms. The molecule has 0 saturated carbocycles. The van der Waals surface area contributed by atoms with Crippen LogP contribution in [-0.4, -0.2) is 13.1 Å². The molecule has 1 aliphatic rings. The molecule has 0 aromatic heterocycles. The average molecular weight is 265 g/mol. The SMILES string of the molecule is NCCC[CH2][Fe]([CH2]CCCN)[C]1=CC=CC1. The van der Waals surface area contributed by atoms with E-state index in [1.807, 2.05) is 0 Å². The van der Waals surface area contributed by atoms with E-state index in [1.165, 1.54) is 42.7 Å². The normalized spacial score (nSPS) is 15.4. The second-order valence-corrected chi connectivity index (χ2v) is 7.15. The van der Waals surface area contributed by atoms with Crippen LogP contribution in [0.15, 0.2) is 22.7 Å². The molecule has 1 aliphatic carbocycles. The Bertz CT molecular complexity index is 226. The van der Waals surface area contributed by atoms with Crippen molar-refractivity contribution in [3.63, 3.8) is 0 Å². The number of unbranched alkanes of at least 4 members (excludes halogenated alkanes) is 2. The molecule has 3 heteroatoms. The van der Waals surface area contributed by atoms with E-state index < -0.39 is 0 Å². The summed E-state index contributed by atoms with van der Waals surface area (Å²) in [5.74, 6) is 0. The van der Waals surface area contributed by atoms with Crippen LogP contribution in [0.4, 0.5) is 0 Å². The standard InChI is InChI=1S/C5H5.2C4H10N.Fe/c1-2-4-5-3-1;2*1-2-3-4-5;/h1-3H,4H2;2*1-5H2;. The molecule has 0 unspecified atom stereocenters. The van der Waals surface area contributed by atoms with E-state index in [0.717, 1.165) is 13.1 Å². The Morgan fingerprint density at radius 2 is 1.62 bits per heavy atom.